The van der Waals surface area contributed by atoms with E-state index >= 15 is 0 Å². The van der Waals surface area contributed by atoms with E-state index in [1.165, 1.54) is 16.7 Å². The number of likely N-dealkylation sites (N-methyl/N-ethyl adjacent to an activating group) is 1. The van der Waals surface area contributed by atoms with Gasteiger partial charge in [-0.25, -0.2) is 5.01 Å². The molecule has 33 heavy (non-hydrogen) atoms. The third-order valence-corrected chi connectivity index (χ3v) is 6.06. The van der Waals surface area contributed by atoms with Crippen molar-refractivity contribution < 1.29 is 9.53 Å². The van der Waals surface area contributed by atoms with Crippen LogP contribution in [0, 0.1) is 13.8 Å². The molecule has 3 aromatic rings. The fraction of sp³-hybridized carbons (Fsp3) is 0.286. The van der Waals surface area contributed by atoms with Crippen LogP contribution < -0.4 is 4.74 Å². The molecule has 1 unspecified atom stereocenters. The molecular weight excluding hydrogens is 410 g/mol. The van der Waals surface area contributed by atoms with Crippen LogP contribution in [0.15, 0.2) is 77.9 Å². The van der Waals surface area contributed by atoms with E-state index in [9.17, 15) is 4.79 Å². The second-order valence-corrected chi connectivity index (χ2v) is 8.72. The number of para-hydroxylation sites is 1. The number of aryl methyl sites for hydroxylation is 2. The second kappa shape index (κ2) is 10.0. The van der Waals surface area contributed by atoms with E-state index in [2.05, 4.69) is 44.2 Å². The van der Waals surface area contributed by atoms with Gasteiger partial charge >= 0.3 is 0 Å². The maximum atomic E-state index is 13.5. The quantitative estimate of drug-likeness (QED) is 0.511. The normalized spacial score (nSPS) is 15.6. The molecule has 0 spiro atoms. The highest BCUT2D eigenvalue weighted by molar-refractivity contribution is 6.04. The van der Waals surface area contributed by atoms with Crippen LogP contribution >= 0.6 is 0 Å². The average Bonchev–Trinajstić information content (AvgIpc) is 3.24. The van der Waals surface area contributed by atoms with Crippen molar-refractivity contribution in [3.05, 3.63) is 101 Å². The van der Waals surface area contributed by atoms with Crippen LogP contribution in [0.4, 0.5) is 0 Å². The number of hydrogen-bond acceptors (Lipinski definition) is 4. The number of carbonyl (C=O) groups is 1. The van der Waals surface area contributed by atoms with Gasteiger partial charge in [-0.15, -0.1) is 0 Å². The lowest BCUT2D eigenvalue weighted by Gasteiger charge is -2.25. The Balaban J connectivity index is 1.62. The molecule has 0 radical (unpaired) electrons. The van der Waals surface area contributed by atoms with E-state index in [0.29, 0.717) is 13.0 Å². The first-order chi connectivity index (χ1) is 16.0. The van der Waals surface area contributed by atoms with Gasteiger partial charge in [-0.3, -0.25) is 9.69 Å². The van der Waals surface area contributed by atoms with E-state index in [4.69, 9.17) is 9.84 Å². The molecule has 5 nitrogen and oxygen atoms in total. The second-order valence-electron chi connectivity index (χ2n) is 8.72. The van der Waals surface area contributed by atoms with Gasteiger partial charge in [0.15, 0.2) is 0 Å². The molecule has 1 aliphatic rings. The summed E-state index contributed by atoms with van der Waals surface area (Å²) in [6.45, 7) is 5.17. The fourth-order valence-corrected chi connectivity index (χ4v) is 4.48. The maximum absolute atomic E-state index is 13.5. The van der Waals surface area contributed by atoms with Crippen LogP contribution in [0.5, 0.6) is 5.75 Å². The van der Waals surface area contributed by atoms with Crippen LogP contribution in [0.3, 0.4) is 0 Å². The highest BCUT2D eigenvalue weighted by Gasteiger charge is 2.35. The largest absolute Gasteiger partial charge is 0.496 e. The highest BCUT2D eigenvalue weighted by atomic mass is 16.5. The first kappa shape index (κ1) is 22.7. The summed E-state index contributed by atoms with van der Waals surface area (Å²) in [5, 5.41) is 6.52. The summed E-state index contributed by atoms with van der Waals surface area (Å²) in [7, 11) is 3.63. The number of rotatable bonds is 7. The minimum absolute atomic E-state index is 0.0240. The topological polar surface area (TPSA) is 45.1 Å². The molecule has 0 bridgehead atoms. The third kappa shape index (κ3) is 5.15. The van der Waals surface area contributed by atoms with Crippen LogP contribution in [-0.2, 0) is 11.3 Å². The predicted molar refractivity (Wildman–Crippen MR) is 132 cm³/mol. The van der Waals surface area contributed by atoms with Gasteiger partial charge in [0, 0.05) is 24.1 Å². The number of hydrazone groups is 1. The van der Waals surface area contributed by atoms with Gasteiger partial charge in [0.25, 0.3) is 5.91 Å². The summed E-state index contributed by atoms with van der Waals surface area (Å²) in [5.41, 5.74) is 6.56. The van der Waals surface area contributed by atoms with Crippen molar-refractivity contribution >= 4 is 11.6 Å². The molecule has 170 valence electrons. The number of hydrogen-bond donors (Lipinski definition) is 0. The van der Waals surface area contributed by atoms with Crippen molar-refractivity contribution in [1.82, 2.24) is 9.91 Å². The number of amides is 1. The molecule has 1 aliphatic heterocycles. The Morgan fingerprint density at radius 1 is 1.06 bits per heavy atom. The zero-order valence-electron chi connectivity index (χ0n) is 19.8. The van der Waals surface area contributed by atoms with Crippen molar-refractivity contribution in [2.75, 3.05) is 20.7 Å². The summed E-state index contributed by atoms with van der Waals surface area (Å²) in [6.07, 6.45) is 0.651. The lowest BCUT2D eigenvalue weighted by molar-refractivity contribution is -0.134. The molecular formula is C28H31N3O2. The first-order valence-electron chi connectivity index (χ1n) is 11.3. The number of benzene rings is 3. The Hall–Kier alpha value is -3.44. The lowest BCUT2D eigenvalue weighted by atomic mass is 9.95. The van der Waals surface area contributed by atoms with Crippen molar-refractivity contribution in [3.63, 3.8) is 0 Å². The molecule has 3 aromatic carbocycles. The van der Waals surface area contributed by atoms with E-state index in [1.54, 1.807) is 12.1 Å². The highest BCUT2D eigenvalue weighted by Crippen LogP contribution is 2.38. The molecule has 1 amide bonds. The van der Waals surface area contributed by atoms with Crippen molar-refractivity contribution in [3.8, 4) is 5.75 Å². The Morgan fingerprint density at radius 2 is 1.79 bits per heavy atom. The third-order valence-electron chi connectivity index (χ3n) is 6.06. The van der Waals surface area contributed by atoms with Crippen molar-refractivity contribution in [2.24, 2.45) is 5.10 Å². The van der Waals surface area contributed by atoms with E-state index in [1.807, 2.05) is 54.4 Å². The molecule has 0 aliphatic carbocycles. The Bertz CT molecular complexity index is 1160. The molecule has 0 saturated heterocycles. The fourth-order valence-electron chi connectivity index (χ4n) is 4.48. The van der Waals surface area contributed by atoms with Gasteiger partial charge in [0.2, 0.25) is 0 Å². The van der Waals surface area contributed by atoms with Crippen LogP contribution in [-0.4, -0.2) is 42.2 Å². The van der Waals surface area contributed by atoms with E-state index in [0.717, 1.165) is 22.6 Å². The van der Waals surface area contributed by atoms with Crippen molar-refractivity contribution in [1.29, 1.82) is 0 Å². The molecule has 4 rings (SSSR count). The van der Waals surface area contributed by atoms with Gasteiger partial charge in [-0.05, 0) is 38.1 Å². The average molecular weight is 442 g/mol. The van der Waals surface area contributed by atoms with Gasteiger partial charge in [-0.2, -0.15) is 5.10 Å². The molecule has 5 heteroatoms. The Kier molecular flexibility index (Phi) is 6.90. The molecule has 0 saturated carbocycles. The summed E-state index contributed by atoms with van der Waals surface area (Å²) in [6, 6.07) is 24.2. The minimum atomic E-state index is -0.200. The Labute approximate surface area is 196 Å². The Morgan fingerprint density at radius 3 is 2.52 bits per heavy atom. The lowest BCUT2D eigenvalue weighted by Crippen LogP contribution is -2.36. The first-order valence-corrected chi connectivity index (χ1v) is 11.3. The van der Waals surface area contributed by atoms with Crippen molar-refractivity contribution in [2.45, 2.75) is 32.9 Å². The molecule has 1 heterocycles. The predicted octanol–water partition coefficient (Wildman–Crippen LogP) is 5.12. The number of nitrogens with zero attached hydrogens (tertiary/aromatic N) is 3. The van der Waals surface area contributed by atoms with E-state index in [-0.39, 0.29) is 18.5 Å². The number of carbonyl (C=O) groups excluding carboxylic acids is 1. The molecule has 0 aromatic heterocycles. The minimum Gasteiger partial charge on any atom is -0.496 e. The zero-order valence-corrected chi connectivity index (χ0v) is 19.8. The van der Waals surface area contributed by atoms with Gasteiger partial charge in [-0.1, -0.05) is 72.3 Å². The van der Waals surface area contributed by atoms with E-state index < -0.39 is 0 Å². The maximum Gasteiger partial charge on any atom is 0.257 e. The summed E-state index contributed by atoms with van der Waals surface area (Å²) >= 11 is 0. The monoisotopic (exact) mass is 441 g/mol. The molecule has 0 fully saturated rings. The molecule has 0 N–H and O–H groups in total. The number of ether oxygens (including phenoxy) is 1. The smallest absolute Gasteiger partial charge is 0.257 e. The van der Waals surface area contributed by atoms with Crippen LogP contribution in [0.25, 0.3) is 0 Å². The van der Waals surface area contributed by atoms with Crippen LogP contribution in [0.1, 0.15) is 40.3 Å². The zero-order chi connectivity index (χ0) is 23.4. The summed E-state index contributed by atoms with van der Waals surface area (Å²) in [5.74, 6) is 0.749. The van der Waals surface area contributed by atoms with Gasteiger partial charge in [0.05, 0.1) is 25.4 Å². The van der Waals surface area contributed by atoms with Gasteiger partial charge in [0.1, 0.15) is 5.75 Å². The molecule has 1 atom stereocenters. The standard InChI is InChI=1S/C28H31N3O2/c1-20-14-15-23(21(2)16-20)25-17-26(24-12-8-9-13-27(24)33-4)31(29-25)28(32)19-30(3)18-22-10-6-5-7-11-22/h5-16,26H,17-19H2,1-4H3. The summed E-state index contributed by atoms with van der Waals surface area (Å²) in [4.78, 5) is 15.5. The SMILES string of the molecule is COc1ccccc1C1CC(c2ccc(C)cc2C)=NN1C(=O)CN(C)Cc1ccccc1. The number of methoxy groups -OCH3 is 1. The van der Waals surface area contributed by atoms with Crippen LogP contribution in [0.2, 0.25) is 0 Å². The summed E-state index contributed by atoms with van der Waals surface area (Å²) < 4.78 is 5.63. The van der Waals surface area contributed by atoms with Gasteiger partial charge < -0.3 is 4.74 Å².